The number of amides is 2. The number of carbonyl (C=O) groups excluding carboxylic acids is 2. The number of rotatable bonds is 5. The molecule has 0 aliphatic heterocycles. The van der Waals surface area contributed by atoms with Gasteiger partial charge in [-0.3, -0.25) is 9.59 Å². The summed E-state index contributed by atoms with van der Waals surface area (Å²) in [6.45, 7) is 1.81. The molecule has 2 amide bonds. The van der Waals surface area contributed by atoms with Crippen LogP contribution in [0.4, 0.5) is 5.69 Å². The lowest BCUT2D eigenvalue weighted by Gasteiger charge is -2.11. The van der Waals surface area contributed by atoms with E-state index in [0.717, 1.165) is 14.5 Å². The fourth-order valence-corrected chi connectivity index (χ4v) is 3.47. The second kappa shape index (κ2) is 7.61. The van der Waals surface area contributed by atoms with Crippen LogP contribution in [0.25, 0.3) is 0 Å². The Morgan fingerprint density at radius 1 is 1.13 bits per heavy atom. The van der Waals surface area contributed by atoms with Crippen LogP contribution >= 0.6 is 31.9 Å². The maximum absolute atomic E-state index is 12.0. The van der Waals surface area contributed by atoms with Gasteiger partial charge in [0.1, 0.15) is 5.75 Å². The largest absolute Gasteiger partial charge is 0.484 e. The van der Waals surface area contributed by atoms with Crippen LogP contribution in [0.15, 0.2) is 45.3 Å². The molecule has 0 unspecified atom stereocenters. The summed E-state index contributed by atoms with van der Waals surface area (Å²) in [6, 6.07) is 10.1. The van der Waals surface area contributed by atoms with Gasteiger partial charge in [-0.1, -0.05) is 0 Å². The predicted octanol–water partition coefficient (Wildman–Crippen LogP) is 3.64. The molecule has 0 saturated carbocycles. The van der Waals surface area contributed by atoms with E-state index >= 15 is 0 Å². The fourth-order valence-electron chi connectivity index (χ4n) is 1.86. The van der Waals surface area contributed by atoms with Crippen molar-refractivity contribution in [3.8, 4) is 5.75 Å². The van der Waals surface area contributed by atoms with Crippen molar-refractivity contribution >= 4 is 49.4 Å². The van der Waals surface area contributed by atoms with Crippen molar-refractivity contribution in [3.63, 3.8) is 0 Å². The van der Waals surface area contributed by atoms with Crippen LogP contribution in [0.2, 0.25) is 0 Å². The van der Waals surface area contributed by atoms with E-state index in [-0.39, 0.29) is 12.5 Å². The average molecular weight is 442 g/mol. The summed E-state index contributed by atoms with van der Waals surface area (Å²) in [6.07, 6.45) is 0. The SMILES string of the molecule is Cc1cc(Br)c(NC(=O)COc2ccc(C(N)=O)cc2)c(Br)c1. The van der Waals surface area contributed by atoms with Crippen molar-refractivity contribution in [3.05, 3.63) is 56.5 Å². The highest BCUT2D eigenvalue weighted by Gasteiger charge is 2.11. The highest BCUT2D eigenvalue weighted by Crippen LogP contribution is 2.32. The average Bonchev–Trinajstić information content (AvgIpc) is 2.49. The number of hydrogen-bond donors (Lipinski definition) is 2. The smallest absolute Gasteiger partial charge is 0.262 e. The molecular formula is C16H14Br2N2O3. The molecule has 2 aromatic carbocycles. The van der Waals surface area contributed by atoms with Gasteiger partial charge in [0.05, 0.1) is 5.69 Å². The third-order valence-electron chi connectivity index (χ3n) is 2.96. The van der Waals surface area contributed by atoms with Gasteiger partial charge in [0.25, 0.3) is 5.91 Å². The summed E-state index contributed by atoms with van der Waals surface area (Å²) >= 11 is 6.83. The van der Waals surface area contributed by atoms with Crippen LogP contribution < -0.4 is 15.8 Å². The Morgan fingerprint density at radius 3 is 2.22 bits per heavy atom. The topological polar surface area (TPSA) is 81.4 Å². The Bertz CT molecular complexity index is 722. The van der Waals surface area contributed by atoms with E-state index in [1.807, 2.05) is 19.1 Å². The molecule has 0 aromatic heterocycles. The third-order valence-corrected chi connectivity index (χ3v) is 4.21. The van der Waals surface area contributed by atoms with Gasteiger partial charge in [-0.15, -0.1) is 0 Å². The second-order valence-electron chi connectivity index (χ2n) is 4.83. The molecule has 2 rings (SSSR count). The Labute approximate surface area is 150 Å². The van der Waals surface area contributed by atoms with E-state index in [1.54, 1.807) is 24.3 Å². The first-order chi connectivity index (χ1) is 10.9. The molecule has 0 aliphatic rings. The van der Waals surface area contributed by atoms with Gasteiger partial charge in [-0.05, 0) is 80.7 Å². The number of halogens is 2. The molecule has 0 bridgehead atoms. The summed E-state index contributed by atoms with van der Waals surface area (Å²) in [5, 5.41) is 2.77. The molecule has 23 heavy (non-hydrogen) atoms. The molecule has 3 N–H and O–H groups in total. The second-order valence-corrected chi connectivity index (χ2v) is 6.54. The van der Waals surface area contributed by atoms with E-state index in [0.29, 0.717) is 17.0 Å². The van der Waals surface area contributed by atoms with Gasteiger partial charge in [0.2, 0.25) is 5.91 Å². The molecule has 120 valence electrons. The number of carbonyl (C=O) groups is 2. The Kier molecular flexibility index (Phi) is 5.79. The van der Waals surface area contributed by atoms with Gasteiger partial charge in [-0.2, -0.15) is 0 Å². The molecule has 0 spiro atoms. The number of nitrogens with one attached hydrogen (secondary N) is 1. The number of ether oxygens (including phenoxy) is 1. The molecule has 0 aliphatic carbocycles. The number of primary amides is 1. The summed E-state index contributed by atoms with van der Waals surface area (Å²) in [5.41, 5.74) is 7.25. The molecule has 0 heterocycles. The van der Waals surface area contributed by atoms with E-state index in [1.165, 1.54) is 0 Å². The van der Waals surface area contributed by atoms with Crippen LogP contribution in [-0.2, 0) is 4.79 Å². The lowest BCUT2D eigenvalue weighted by Crippen LogP contribution is -2.20. The number of nitrogens with two attached hydrogens (primary N) is 1. The zero-order valence-corrected chi connectivity index (χ0v) is 15.4. The van der Waals surface area contributed by atoms with Crippen molar-refractivity contribution in [2.24, 2.45) is 5.73 Å². The molecule has 2 aromatic rings. The molecule has 7 heteroatoms. The summed E-state index contributed by atoms with van der Waals surface area (Å²) in [7, 11) is 0. The monoisotopic (exact) mass is 440 g/mol. The van der Waals surface area contributed by atoms with E-state index in [9.17, 15) is 9.59 Å². The maximum Gasteiger partial charge on any atom is 0.262 e. The first-order valence-electron chi connectivity index (χ1n) is 6.65. The van der Waals surface area contributed by atoms with E-state index in [2.05, 4.69) is 37.2 Å². The van der Waals surface area contributed by atoms with Crippen molar-refractivity contribution in [1.82, 2.24) is 0 Å². The quantitative estimate of drug-likeness (QED) is 0.743. The van der Waals surface area contributed by atoms with Gasteiger partial charge >= 0.3 is 0 Å². The van der Waals surface area contributed by atoms with Crippen LogP contribution in [-0.4, -0.2) is 18.4 Å². The number of aryl methyl sites for hydroxylation is 1. The highest BCUT2D eigenvalue weighted by molar-refractivity contribution is 9.11. The predicted molar refractivity (Wildman–Crippen MR) is 95.7 cm³/mol. The Hall–Kier alpha value is -1.86. The van der Waals surface area contributed by atoms with E-state index < -0.39 is 5.91 Å². The van der Waals surface area contributed by atoms with Gasteiger partial charge in [0.15, 0.2) is 6.61 Å². The van der Waals surface area contributed by atoms with Crippen LogP contribution in [0.3, 0.4) is 0 Å². The van der Waals surface area contributed by atoms with Gasteiger partial charge in [0, 0.05) is 14.5 Å². The summed E-state index contributed by atoms with van der Waals surface area (Å²) < 4.78 is 6.95. The number of hydrogen-bond acceptors (Lipinski definition) is 3. The minimum Gasteiger partial charge on any atom is -0.484 e. The molecule has 5 nitrogen and oxygen atoms in total. The van der Waals surface area contributed by atoms with Crippen molar-refractivity contribution < 1.29 is 14.3 Å². The zero-order chi connectivity index (χ0) is 17.0. The van der Waals surface area contributed by atoms with Crippen LogP contribution in [0.1, 0.15) is 15.9 Å². The van der Waals surface area contributed by atoms with Crippen LogP contribution in [0.5, 0.6) is 5.75 Å². The molecule has 0 saturated heterocycles. The first kappa shape index (κ1) is 17.5. The normalized spacial score (nSPS) is 10.2. The lowest BCUT2D eigenvalue weighted by atomic mass is 10.2. The third kappa shape index (κ3) is 4.80. The minimum atomic E-state index is -0.511. The Balaban J connectivity index is 1.96. The summed E-state index contributed by atoms with van der Waals surface area (Å²) in [4.78, 5) is 23.0. The fraction of sp³-hybridized carbons (Fsp3) is 0.125. The van der Waals surface area contributed by atoms with Crippen molar-refractivity contribution in [2.75, 3.05) is 11.9 Å². The minimum absolute atomic E-state index is 0.150. The molecule has 0 fully saturated rings. The van der Waals surface area contributed by atoms with Crippen molar-refractivity contribution in [2.45, 2.75) is 6.92 Å². The number of benzene rings is 2. The highest BCUT2D eigenvalue weighted by atomic mass is 79.9. The molecule has 0 atom stereocenters. The molecular weight excluding hydrogens is 428 g/mol. The lowest BCUT2D eigenvalue weighted by molar-refractivity contribution is -0.118. The summed E-state index contributed by atoms with van der Waals surface area (Å²) in [5.74, 6) is -0.329. The van der Waals surface area contributed by atoms with Gasteiger partial charge < -0.3 is 15.8 Å². The zero-order valence-electron chi connectivity index (χ0n) is 12.2. The van der Waals surface area contributed by atoms with E-state index in [4.69, 9.17) is 10.5 Å². The Morgan fingerprint density at radius 2 is 1.70 bits per heavy atom. The molecule has 0 radical (unpaired) electrons. The number of anilines is 1. The standard InChI is InChI=1S/C16H14Br2N2O3/c1-9-6-12(17)15(13(18)7-9)20-14(21)8-23-11-4-2-10(3-5-11)16(19)22/h2-7H,8H2,1H3,(H2,19,22)(H,20,21). The van der Waals surface area contributed by atoms with Crippen molar-refractivity contribution in [1.29, 1.82) is 0 Å². The first-order valence-corrected chi connectivity index (χ1v) is 8.23. The van der Waals surface area contributed by atoms with Crippen LogP contribution in [0, 0.1) is 6.92 Å². The van der Waals surface area contributed by atoms with Gasteiger partial charge in [-0.25, -0.2) is 0 Å². The maximum atomic E-state index is 12.0.